The zero-order valence-electron chi connectivity index (χ0n) is 10.2. The van der Waals surface area contributed by atoms with Crippen LogP contribution in [-0.4, -0.2) is 29.8 Å². The van der Waals surface area contributed by atoms with E-state index in [1.807, 2.05) is 6.07 Å². The Morgan fingerprint density at radius 1 is 1.47 bits per heavy atom. The molecule has 90 valence electrons. The minimum absolute atomic E-state index is 0.611. The number of pyridine rings is 1. The highest BCUT2D eigenvalue weighted by Gasteiger charge is 2.20. The van der Waals surface area contributed by atoms with Gasteiger partial charge in [-0.15, -0.1) is 0 Å². The van der Waals surface area contributed by atoms with E-state index in [1.54, 1.807) is 7.11 Å². The fourth-order valence-corrected chi connectivity index (χ4v) is 2.63. The Kier molecular flexibility index (Phi) is 2.52. The number of hydrogen-bond acceptors (Lipinski definition) is 3. The van der Waals surface area contributed by atoms with Crippen molar-refractivity contribution in [3.63, 3.8) is 0 Å². The molecule has 1 atom stereocenters. The molecule has 1 fully saturated rings. The average Bonchev–Trinajstić information content (AvgIpc) is 2.97. The molecule has 1 aliphatic heterocycles. The highest BCUT2D eigenvalue weighted by atomic mass is 16.5. The van der Waals surface area contributed by atoms with Crippen molar-refractivity contribution in [3.8, 4) is 5.88 Å². The largest absolute Gasteiger partial charge is 0.481 e. The number of nitrogens with zero attached hydrogens (tertiary/aromatic N) is 2. The topological polar surface area (TPSA) is 39.1 Å². The third kappa shape index (κ3) is 1.69. The molecule has 1 unspecified atom stereocenters. The normalized spacial score (nSPS) is 20.0. The van der Waals surface area contributed by atoms with Gasteiger partial charge in [0, 0.05) is 31.3 Å². The van der Waals surface area contributed by atoms with Crippen molar-refractivity contribution in [1.82, 2.24) is 14.9 Å². The molecule has 4 heteroatoms. The molecule has 17 heavy (non-hydrogen) atoms. The number of nitrogens with one attached hydrogen (secondary N) is 1. The van der Waals surface area contributed by atoms with Crippen LogP contribution in [0.1, 0.15) is 18.0 Å². The first-order valence-electron chi connectivity index (χ1n) is 6.00. The van der Waals surface area contributed by atoms with Gasteiger partial charge in [0.25, 0.3) is 0 Å². The van der Waals surface area contributed by atoms with Gasteiger partial charge in [-0.05, 0) is 25.1 Å². The Hall–Kier alpha value is -1.55. The summed E-state index contributed by atoms with van der Waals surface area (Å²) in [6.45, 7) is 2.18. The van der Waals surface area contributed by atoms with E-state index in [0.717, 1.165) is 18.6 Å². The summed E-state index contributed by atoms with van der Waals surface area (Å²) >= 11 is 0. The maximum Gasteiger partial charge on any atom is 0.213 e. The monoisotopic (exact) mass is 231 g/mol. The summed E-state index contributed by atoms with van der Waals surface area (Å²) in [5.41, 5.74) is 3.56. The number of aromatic nitrogens is 2. The van der Waals surface area contributed by atoms with Crippen molar-refractivity contribution >= 4 is 11.0 Å². The molecule has 0 saturated carbocycles. The second kappa shape index (κ2) is 4.04. The van der Waals surface area contributed by atoms with E-state index in [4.69, 9.17) is 4.74 Å². The Morgan fingerprint density at radius 3 is 3.06 bits per heavy atom. The number of ether oxygens (including phenoxy) is 1. The Labute approximate surface area is 101 Å². The van der Waals surface area contributed by atoms with E-state index in [-0.39, 0.29) is 0 Å². The number of rotatable bonds is 2. The van der Waals surface area contributed by atoms with Gasteiger partial charge >= 0.3 is 0 Å². The minimum Gasteiger partial charge on any atom is -0.481 e. The molecule has 1 N–H and O–H groups in total. The van der Waals surface area contributed by atoms with Gasteiger partial charge < -0.3 is 14.6 Å². The van der Waals surface area contributed by atoms with E-state index < -0.39 is 0 Å². The van der Waals surface area contributed by atoms with Crippen LogP contribution >= 0.6 is 0 Å². The van der Waals surface area contributed by atoms with E-state index in [0.29, 0.717) is 11.8 Å². The van der Waals surface area contributed by atoms with Gasteiger partial charge in [0.2, 0.25) is 5.88 Å². The molecule has 0 aromatic carbocycles. The highest BCUT2D eigenvalue weighted by molar-refractivity contribution is 5.78. The van der Waals surface area contributed by atoms with E-state index in [9.17, 15) is 0 Å². The van der Waals surface area contributed by atoms with Crippen LogP contribution in [-0.2, 0) is 7.05 Å². The average molecular weight is 231 g/mol. The predicted octanol–water partition coefficient (Wildman–Crippen LogP) is 1.66. The van der Waals surface area contributed by atoms with E-state index in [2.05, 4.69) is 34.0 Å². The molecule has 2 aromatic heterocycles. The summed E-state index contributed by atoms with van der Waals surface area (Å²) in [5.74, 6) is 1.29. The molecule has 0 aliphatic carbocycles. The second-order valence-electron chi connectivity index (χ2n) is 4.58. The molecular formula is C13H17N3O. The first-order chi connectivity index (χ1) is 8.29. The van der Waals surface area contributed by atoms with Gasteiger partial charge in [0.15, 0.2) is 0 Å². The first kappa shape index (κ1) is 10.6. The van der Waals surface area contributed by atoms with Crippen LogP contribution < -0.4 is 10.1 Å². The van der Waals surface area contributed by atoms with Crippen molar-refractivity contribution in [3.05, 3.63) is 23.9 Å². The highest BCUT2D eigenvalue weighted by Crippen LogP contribution is 2.28. The smallest absolute Gasteiger partial charge is 0.213 e. The molecule has 0 radical (unpaired) electrons. The molecule has 2 aromatic rings. The standard InChI is InChI=1S/C13H17N3O/c1-16-11-3-4-13(17-2)15-10(11)7-12(16)9-5-6-14-8-9/h3-4,7,9,14H,5-6,8H2,1-2H3. The number of hydrogen-bond donors (Lipinski definition) is 1. The van der Waals surface area contributed by atoms with Crippen LogP contribution in [0.3, 0.4) is 0 Å². The van der Waals surface area contributed by atoms with Crippen LogP contribution in [0, 0.1) is 0 Å². The molecule has 4 nitrogen and oxygen atoms in total. The lowest BCUT2D eigenvalue weighted by molar-refractivity contribution is 0.399. The fourth-order valence-electron chi connectivity index (χ4n) is 2.63. The molecule has 0 amide bonds. The number of fused-ring (bicyclic) bond motifs is 1. The molecule has 0 bridgehead atoms. The SMILES string of the molecule is COc1ccc2c(cc(C3CCNC3)n2C)n1. The summed E-state index contributed by atoms with van der Waals surface area (Å²) in [6.07, 6.45) is 1.21. The summed E-state index contributed by atoms with van der Waals surface area (Å²) in [7, 11) is 3.77. The molecule has 3 heterocycles. The van der Waals surface area contributed by atoms with Crippen LogP contribution in [0.15, 0.2) is 18.2 Å². The van der Waals surface area contributed by atoms with Gasteiger partial charge in [-0.25, -0.2) is 4.98 Å². The van der Waals surface area contributed by atoms with E-state index in [1.165, 1.54) is 17.6 Å². The van der Waals surface area contributed by atoms with Crippen molar-refractivity contribution in [2.24, 2.45) is 7.05 Å². The third-order valence-corrected chi connectivity index (χ3v) is 3.60. The summed E-state index contributed by atoms with van der Waals surface area (Å²) < 4.78 is 7.41. The quantitative estimate of drug-likeness (QED) is 0.854. The minimum atomic E-state index is 0.611. The number of aryl methyl sites for hydroxylation is 1. The van der Waals surface area contributed by atoms with E-state index >= 15 is 0 Å². The predicted molar refractivity (Wildman–Crippen MR) is 67.5 cm³/mol. The Bertz CT molecular complexity index is 541. The lowest BCUT2D eigenvalue weighted by Crippen LogP contribution is -2.10. The number of methoxy groups -OCH3 is 1. The summed E-state index contributed by atoms with van der Waals surface area (Å²) in [6, 6.07) is 6.18. The maximum absolute atomic E-state index is 5.16. The van der Waals surface area contributed by atoms with Gasteiger partial charge in [0.05, 0.1) is 18.1 Å². The molecule has 0 spiro atoms. The zero-order chi connectivity index (χ0) is 11.8. The third-order valence-electron chi connectivity index (χ3n) is 3.60. The Balaban J connectivity index is 2.10. The lowest BCUT2D eigenvalue weighted by atomic mass is 10.1. The molecule has 1 saturated heterocycles. The van der Waals surface area contributed by atoms with Crippen molar-refractivity contribution in [1.29, 1.82) is 0 Å². The zero-order valence-corrected chi connectivity index (χ0v) is 10.2. The van der Waals surface area contributed by atoms with Gasteiger partial charge in [0.1, 0.15) is 0 Å². The van der Waals surface area contributed by atoms with Crippen LogP contribution in [0.5, 0.6) is 5.88 Å². The van der Waals surface area contributed by atoms with Crippen molar-refractivity contribution in [2.75, 3.05) is 20.2 Å². The molecular weight excluding hydrogens is 214 g/mol. The van der Waals surface area contributed by atoms with Crippen LogP contribution in [0.2, 0.25) is 0 Å². The van der Waals surface area contributed by atoms with Crippen LogP contribution in [0.4, 0.5) is 0 Å². The van der Waals surface area contributed by atoms with Gasteiger partial charge in [-0.3, -0.25) is 0 Å². The first-order valence-corrected chi connectivity index (χ1v) is 6.00. The maximum atomic E-state index is 5.16. The Morgan fingerprint density at radius 2 is 2.35 bits per heavy atom. The summed E-state index contributed by atoms with van der Waals surface area (Å²) in [4.78, 5) is 4.48. The lowest BCUT2D eigenvalue weighted by Gasteiger charge is -2.09. The molecule has 3 rings (SSSR count). The van der Waals surface area contributed by atoms with Crippen LogP contribution in [0.25, 0.3) is 11.0 Å². The summed E-state index contributed by atoms with van der Waals surface area (Å²) in [5, 5.41) is 3.41. The second-order valence-corrected chi connectivity index (χ2v) is 4.58. The van der Waals surface area contributed by atoms with Crippen molar-refractivity contribution in [2.45, 2.75) is 12.3 Å². The molecule has 1 aliphatic rings. The van der Waals surface area contributed by atoms with Gasteiger partial charge in [-0.2, -0.15) is 0 Å². The van der Waals surface area contributed by atoms with Gasteiger partial charge in [-0.1, -0.05) is 0 Å². The van der Waals surface area contributed by atoms with Crippen molar-refractivity contribution < 1.29 is 4.74 Å². The fraction of sp³-hybridized carbons (Fsp3) is 0.462.